The molecule has 0 spiro atoms. The zero-order valence-corrected chi connectivity index (χ0v) is 16.0. The summed E-state index contributed by atoms with van der Waals surface area (Å²) in [4.78, 5) is -0.118. The van der Waals surface area contributed by atoms with Gasteiger partial charge >= 0.3 is 5.89 Å². The number of benzene rings is 2. The third-order valence-corrected chi connectivity index (χ3v) is 5.42. The first-order valence-electron chi connectivity index (χ1n) is 7.34. The largest absolute Gasteiger partial charge is 0.744 e. The van der Waals surface area contributed by atoms with E-state index in [0.29, 0.717) is 11.5 Å². The second kappa shape index (κ2) is 7.16. The van der Waals surface area contributed by atoms with Crippen molar-refractivity contribution in [2.24, 2.45) is 12.2 Å². The van der Waals surface area contributed by atoms with Crippen molar-refractivity contribution in [2.45, 2.75) is 23.6 Å². The molecule has 140 valence electrons. The lowest BCUT2D eigenvalue weighted by atomic mass is 10.2. The minimum atomic E-state index is -4.27. The summed E-state index contributed by atoms with van der Waals surface area (Å²) in [6.07, 6.45) is 0. The minimum Gasteiger partial charge on any atom is -0.744 e. The van der Waals surface area contributed by atoms with E-state index in [-0.39, 0.29) is 9.79 Å². The molecule has 0 amide bonds. The van der Waals surface area contributed by atoms with Crippen LogP contribution in [-0.2, 0) is 27.2 Å². The van der Waals surface area contributed by atoms with Crippen molar-refractivity contribution >= 4 is 31.2 Å². The summed E-state index contributed by atoms with van der Waals surface area (Å²) in [7, 11) is -6.09. The molecule has 0 saturated heterocycles. The first kappa shape index (κ1) is 20.0. The molecule has 0 aliphatic rings. The van der Waals surface area contributed by atoms with Gasteiger partial charge in [0.1, 0.15) is 17.2 Å². The Kier molecular flexibility index (Phi) is 5.52. The molecule has 26 heavy (non-hydrogen) atoms. The molecule has 0 aliphatic heterocycles. The standard InChI is InChI=1S/C9H11N2O3S.C7H8O3S/c1-6-11(2)8-4-3-7(15(10,12)13)5-9(8)14-6;1-6-2-4-7(5-3-6)11(8,9)10/h3-5H,1-2H3,(H2,10,12,13);2-5H,1H3,(H,8,9,10)/q+1;/p-1. The number of fused-ring (bicyclic) bond motifs is 1. The smallest absolute Gasteiger partial charge is 0.344 e. The summed E-state index contributed by atoms with van der Waals surface area (Å²) in [6.45, 7) is 3.62. The van der Waals surface area contributed by atoms with E-state index in [0.717, 1.165) is 11.1 Å². The van der Waals surface area contributed by atoms with Gasteiger partial charge in [0.05, 0.1) is 16.7 Å². The first-order valence-corrected chi connectivity index (χ1v) is 10.3. The molecule has 0 unspecified atom stereocenters. The zero-order valence-electron chi connectivity index (χ0n) is 14.3. The molecular formula is C16H18N2O6S2. The van der Waals surface area contributed by atoms with Crippen LogP contribution in [0.1, 0.15) is 11.5 Å². The fraction of sp³-hybridized carbons (Fsp3) is 0.188. The predicted molar refractivity (Wildman–Crippen MR) is 92.6 cm³/mol. The Morgan fingerprint density at radius 1 is 0.962 bits per heavy atom. The van der Waals surface area contributed by atoms with Gasteiger partial charge in [-0.2, -0.15) is 4.57 Å². The molecule has 0 bridgehead atoms. The fourth-order valence-electron chi connectivity index (χ4n) is 2.13. The number of nitrogens with two attached hydrogens (primary N) is 1. The topological polar surface area (TPSA) is 134 Å². The van der Waals surface area contributed by atoms with Crippen LogP contribution in [-0.4, -0.2) is 21.4 Å². The molecule has 1 aromatic heterocycles. The van der Waals surface area contributed by atoms with Crippen LogP contribution in [0.5, 0.6) is 0 Å². The van der Waals surface area contributed by atoms with E-state index in [1.54, 1.807) is 25.1 Å². The van der Waals surface area contributed by atoms with Gasteiger partial charge in [-0.15, -0.1) is 0 Å². The van der Waals surface area contributed by atoms with Crippen LogP contribution in [0.15, 0.2) is 56.7 Å². The predicted octanol–water partition coefficient (Wildman–Crippen LogP) is 1.11. The Bertz CT molecular complexity index is 1150. The number of primary sulfonamides is 1. The van der Waals surface area contributed by atoms with E-state index in [9.17, 15) is 21.4 Å². The van der Waals surface area contributed by atoms with Crippen molar-refractivity contribution in [1.29, 1.82) is 0 Å². The monoisotopic (exact) mass is 398 g/mol. The molecule has 2 N–H and O–H groups in total. The normalized spacial score (nSPS) is 11.9. The lowest BCUT2D eigenvalue weighted by Crippen LogP contribution is -2.29. The number of oxazole rings is 1. The third kappa shape index (κ3) is 4.67. The summed E-state index contributed by atoms with van der Waals surface area (Å²) in [6, 6.07) is 10.3. The van der Waals surface area contributed by atoms with Crippen LogP contribution >= 0.6 is 0 Å². The highest BCUT2D eigenvalue weighted by Crippen LogP contribution is 2.17. The number of rotatable bonds is 2. The van der Waals surface area contributed by atoms with Crippen molar-refractivity contribution in [3.05, 3.63) is 53.9 Å². The van der Waals surface area contributed by atoms with Gasteiger partial charge in [-0.1, -0.05) is 17.7 Å². The van der Waals surface area contributed by atoms with E-state index in [1.165, 1.54) is 24.3 Å². The van der Waals surface area contributed by atoms with Crippen molar-refractivity contribution in [2.75, 3.05) is 0 Å². The third-order valence-electron chi connectivity index (χ3n) is 3.66. The van der Waals surface area contributed by atoms with Gasteiger partial charge in [0.25, 0.3) is 5.52 Å². The number of aryl methyl sites for hydroxylation is 3. The Labute approximate surface area is 151 Å². The summed E-state index contributed by atoms with van der Waals surface area (Å²) in [5.74, 6) is 0.705. The van der Waals surface area contributed by atoms with E-state index in [1.807, 2.05) is 18.5 Å². The maximum Gasteiger partial charge on any atom is 0.344 e. The lowest BCUT2D eigenvalue weighted by Gasteiger charge is -2.05. The molecule has 2 aromatic carbocycles. The summed E-state index contributed by atoms with van der Waals surface area (Å²) in [5, 5.41) is 5.02. The Balaban J connectivity index is 0.000000197. The van der Waals surface area contributed by atoms with Crippen molar-refractivity contribution in [1.82, 2.24) is 0 Å². The van der Waals surface area contributed by atoms with Gasteiger partial charge < -0.3 is 8.97 Å². The molecule has 3 rings (SSSR count). The van der Waals surface area contributed by atoms with E-state index >= 15 is 0 Å². The SMILES string of the molecule is Cc1ccc(S(=O)(=O)[O-])cc1.Cc1oc2cc(S(N)(=O)=O)ccc2[n+]1C. The highest BCUT2D eigenvalue weighted by Gasteiger charge is 2.17. The van der Waals surface area contributed by atoms with Crippen LogP contribution in [0.25, 0.3) is 11.1 Å². The molecule has 10 heteroatoms. The maximum atomic E-state index is 11.1. The minimum absolute atomic E-state index is 0.0596. The number of aromatic nitrogens is 1. The second-order valence-corrected chi connectivity index (χ2v) is 8.56. The molecule has 0 saturated carbocycles. The molecule has 8 nitrogen and oxygen atoms in total. The zero-order chi connectivity index (χ0) is 19.7. The molecule has 0 aliphatic carbocycles. The van der Waals surface area contributed by atoms with E-state index in [2.05, 4.69) is 0 Å². The quantitative estimate of drug-likeness (QED) is 0.507. The van der Waals surface area contributed by atoms with Gasteiger partial charge in [0.15, 0.2) is 0 Å². The van der Waals surface area contributed by atoms with Crippen molar-refractivity contribution < 1.29 is 30.4 Å². The highest BCUT2D eigenvalue weighted by atomic mass is 32.2. The Hall–Kier alpha value is -2.27. The second-order valence-electron chi connectivity index (χ2n) is 5.62. The van der Waals surface area contributed by atoms with Gasteiger partial charge in [0, 0.05) is 12.1 Å². The van der Waals surface area contributed by atoms with Crippen LogP contribution < -0.4 is 9.71 Å². The summed E-state index contributed by atoms with van der Waals surface area (Å²) in [5.41, 5.74) is 2.28. The lowest BCUT2D eigenvalue weighted by molar-refractivity contribution is -0.657. The summed E-state index contributed by atoms with van der Waals surface area (Å²) >= 11 is 0. The number of nitrogens with zero attached hydrogens (tertiary/aromatic N) is 1. The Morgan fingerprint density at radius 3 is 2.00 bits per heavy atom. The molecule has 3 aromatic rings. The van der Waals surface area contributed by atoms with Gasteiger partial charge in [-0.05, 0) is 25.1 Å². The van der Waals surface area contributed by atoms with Gasteiger partial charge in [-0.3, -0.25) is 0 Å². The average molecular weight is 398 g/mol. The molecular weight excluding hydrogens is 380 g/mol. The average Bonchev–Trinajstić information content (AvgIpc) is 2.81. The van der Waals surface area contributed by atoms with E-state index in [4.69, 9.17) is 9.56 Å². The number of hydrogen-bond acceptors (Lipinski definition) is 6. The summed E-state index contributed by atoms with van der Waals surface area (Å²) < 4.78 is 60.6. The van der Waals surface area contributed by atoms with Crippen LogP contribution in [0.2, 0.25) is 0 Å². The van der Waals surface area contributed by atoms with Crippen LogP contribution in [0.3, 0.4) is 0 Å². The van der Waals surface area contributed by atoms with Crippen LogP contribution in [0, 0.1) is 13.8 Å². The number of sulfonamides is 1. The van der Waals surface area contributed by atoms with Crippen molar-refractivity contribution in [3.8, 4) is 0 Å². The van der Waals surface area contributed by atoms with Crippen molar-refractivity contribution in [3.63, 3.8) is 0 Å². The van der Waals surface area contributed by atoms with Crippen LogP contribution in [0.4, 0.5) is 0 Å². The number of hydrogen-bond donors (Lipinski definition) is 1. The first-order chi connectivity index (χ1) is 11.9. The molecule has 0 fully saturated rings. The molecule has 0 radical (unpaired) electrons. The maximum absolute atomic E-state index is 11.1. The highest BCUT2D eigenvalue weighted by molar-refractivity contribution is 7.89. The molecule has 1 heterocycles. The van der Waals surface area contributed by atoms with E-state index < -0.39 is 20.1 Å². The van der Waals surface area contributed by atoms with Gasteiger partial charge in [0.2, 0.25) is 15.6 Å². The van der Waals surface area contributed by atoms with Gasteiger partial charge in [-0.25, -0.2) is 22.0 Å². The fourth-order valence-corrected chi connectivity index (χ4v) is 3.13. The molecule has 0 atom stereocenters. The Morgan fingerprint density at radius 2 is 1.50 bits per heavy atom.